The number of rotatable bonds is 9. The summed E-state index contributed by atoms with van der Waals surface area (Å²) in [6, 6.07) is 7.27. The van der Waals surface area contributed by atoms with Gasteiger partial charge in [0, 0.05) is 32.6 Å². The molecule has 1 saturated carbocycles. The van der Waals surface area contributed by atoms with Gasteiger partial charge in [-0.25, -0.2) is 4.39 Å². The van der Waals surface area contributed by atoms with E-state index in [-0.39, 0.29) is 29.8 Å². The SMILES string of the molecule is CN=C(NCCCc1nnc(SC)n1C1CCCC1)NCCc1cccc(F)c1.I. The predicted octanol–water partition coefficient (Wildman–Crippen LogP) is 4.21. The predicted molar refractivity (Wildman–Crippen MR) is 133 cm³/mol. The van der Waals surface area contributed by atoms with Crippen LogP contribution in [-0.2, 0) is 12.8 Å². The van der Waals surface area contributed by atoms with E-state index in [0.29, 0.717) is 12.6 Å². The summed E-state index contributed by atoms with van der Waals surface area (Å²) in [7, 11) is 1.76. The molecule has 1 aliphatic rings. The van der Waals surface area contributed by atoms with Gasteiger partial charge in [-0.1, -0.05) is 36.7 Å². The van der Waals surface area contributed by atoms with Crippen molar-refractivity contribution < 1.29 is 4.39 Å². The summed E-state index contributed by atoms with van der Waals surface area (Å²) < 4.78 is 15.6. The van der Waals surface area contributed by atoms with Crippen molar-refractivity contribution in [2.75, 3.05) is 26.4 Å². The van der Waals surface area contributed by atoms with Crippen molar-refractivity contribution in [2.24, 2.45) is 4.99 Å². The zero-order valence-electron chi connectivity index (χ0n) is 17.7. The van der Waals surface area contributed by atoms with Crippen LogP contribution in [0.15, 0.2) is 34.4 Å². The van der Waals surface area contributed by atoms with Gasteiger partial charge in [0.2, 0.25) is 0 Å². The second-order valence-electron chi connectivity index (χ2n) is 7.32. The molecular formula is C21H32FIN6S. The summed E-state index contributed by atoms with van der Waals surface area (Å²) in [4.78, 5) is 4.26. The van der Waals surface area contributed by atoms with Crippen LogP contribution >= 0.6 is 35.7 Å². The van der Waals surface area contributed by atoms with Crippen LogP contribution in [0, 0.1) is 5.82 Å². The number of aromatic nitrogens is 3. The van der Waals surface area contributed by atoms with Gasteiger partial charge < -0.3 is 15.2 Å². The summed E-state index contributed by atoms with van der Waals surface area (Å²) in [6.07, 6.45) is 9.75. The smallest absolute Gasteiger partial charge is 0.191 e. The summed E-state index contributed by atoms with van der Waals surface area (Å²) >= 11 is 1.68. The third kappa shape index (κ3) is 7.11. The number of aliphatic imine (C=N–C) groups is 1. The lowest BCUT2D eigenvalue weighted by molar-refractivity contribution is 0.460. The number of benzene rings is 1. The summed E-state index contributed by atoms with van der Waals surface area (Å²) in [5.74, 6) is 1.67. The molecule has 0 bridgehead atoms. The van der Waals surface area contributed by atoms with E-state index in [1.807, 2.05) is 6.07 Å². The Morgan fingerprint density at radius 2 is 1.97 bits per heavy atom. The van der Waals surface area contributed by atoms with Gasteiger partial charge in [0.15, 0.2) is 11.1 Å². The largest absolute Gasteiger partial charge is 0.356 e. The molecule has 0 saturated heterocycles. The van der Waals surface area contributed by atoms with Crippen LogP contribution in [0.2, 0.25) is 0 Å². The van der Waals surface area contributed by atoms with Gasteiger partial charge in [-0.3, -0.25) is 4.99 Å². The maximum Gasteiger partial charge on any atom is 0.191 e. The second kappa shape index (κ2) is 13.1. The Morgan fingerprint density at radius 3 is 2.67 bits per heavy atom. The molecule has 0 spiro atoms. The van der Waals surface area contributed by atoms with Crippen molar-refractivity contribution >= 4 is 41.7 Å². The van der Waals surface area contributed by atoms with E-state index >= 15 is 0 Å². The van der Waals surface area contributed by atoms with Crippen molar-refractivity contribution in [3.8, 4) is 0 Å². The highest BCUT2D eigenvalue weighted by Gasteiger charge is 2.23. The van der Waals surface area contributed by atoms with E-state index in [9.17, 15) is 4.39 Å². The molecule has 9 heteroatoms. The number of guanidine groups is 1. The minimum absolute atomic E-state index is 0. The molecule has 0 unspecified atom stereocenters. The first-order valence-corrected chi connectivity index (χ1v) is 11.6. The van der Waals surface area contributed by atoms with Gasteiger partial charge in [0.1, 0.15) is 11.6 Å². The number of nitrogens with zero attached hydrogens (tertiary/aromatic N) is 4. The number of halogens is 2. The first-order chi connectivity index (χ1) is 14.2. The summed E-state index contributed by atoms with van der Waals surface area (Å²) in [6.45, 7) is 1.52. The lowest BCUT2D eigenvalue weighted by Gasteiger charge is -2.16. The quantitative estimate of drug-likeness (QED) is 0.162. The Bertz CT molecular complexity index is 807. The molecular weight excluding hydrogens is 514 g/mol. The van der Waals surface area contributed by atoms with Gasteiger partial charge in [-0.2, -0.15) is 0 Å². The van der Waals surface area contributed by atoms with E-state index in [1.54, 1.807) is 30.9 Å². The minimum Gasteiger partial charge on any atom is -0.356 e. The molecule has 0 atom stereocenters. The summed E-state index contributed by atoms with van der Waals surface area (Å²) in [5, 5.41) is 16.5. The van der Waals surface area contributed by atoms with Crippen LogP contribution in [0.3, 0.4) is 0 Å². The van der Waals surface area contributed by atoms with Crippen LogP contribution in [0.25, 0.3) is 0 Å². The number of aryl methyl sites for hydroxylation is 1. The van der Waals surface area contributed by atoms with Crippen LogP contribution in [0.4, 0.5) is 4.39 Å². The first kappa shape index (κ1) is 24.9. The maximum absolute atomic E-state index is 13.2. The first-order valence-electron chi connectivity index (χ1n) is 10.4. The van der Waals surface area contributed by atoms with Gasteiger partial charge in [-0.05, 0) is 49.6 Å². The highest BCUT2D eigenvalue weighted by Crippen LogP contribution is 2.33. The molecule has 166 valence electrons. The topological polar surface area (TPSA) is 67.1 Å². The average Bonchev–Trinajstić information content (AvgIpc) is 3.39. The van der Waals surface area contributed by atoms with Crippen LogP contribution in [0.5, 0.6) is 0 Å². The lowest BCUT2D eigenvalue weighted by Crippen LogP contribution is -2.38. The van der Waals surface area contributed by atoms with Crippen molar-refractivity contribution in [2.45, 2.75) is 56.1 Å². The molecule has 2 N–H and O–H groups in total. The van der Waals surface area contributed by atoms with Crippen molar-refractivity contribution in [3.63, 3.8) is 0 Å². The molecule has 30 heavy (non-hydrogen) atoms. The van der Waals surface area contributed by atoms with E-state index < -0.39 is 0 Å². The Morgan fingerprint density at radius 1 is 1.20 bits per heavy atom. The fourth-order valence-electron chi connectivity index (χ4n) is 3.84. The molecule has 0 amide bonds. The highest BCUT2D eigenvalue weighted by molar-refractivity contribution is 14.0. The van der Waals surface area contributed by atoms with Crippen molar-refractivity contribution in [3.05, 3.63) is 41.5 Å². The van der Waals surface area contributed by atoms with Gasteiger partial charge in [-0.15, -0.1) is 34.2 Å². The fourth-order valence-corrected chi connectivity index (χ4v) is 4.41. The third-order valence-electron chi connectivity index (χ3n) is 5.30. The molecule has 6 nitrogen and oxygen atoms in total. The van der Waals surface area contributed by atoms with E-state index in [1.165, 1.54) is 31.7 Å². The number of nitrogens with one attached hydrogen (secondary N) is 2. The average molecular weight is 546 g/mol. The Kier molecular flexibility index (Phi) is 10.9. The maximum atomic E-state index is 13.2. The number of thioether (sulfide) groups is 1. The zero-order chi connectivity index (χ0) is 20.5. The molecule has 2 aromatic rings. The van der Waals surface area contributed by atoms with Crippen molar-refractivity contribution in [1.82, 2.24) is 25.4 Å². The molecule has 1 aliphatic carbocycles. The van der Waals surface area contributed by atoms with Gasteiger partial charge in [0.05, 0.1) is 0 Å². The van der Waals surface area contributed by atoms with Gasteiger partial charge >= 0.3 is 0 Å². The van der Waals surface area contributed by atoms with Crippen LogP contribution < -0.4 is 10.6 Å². The molecule has 3 rings (SSSR count). The van der Waals surface area contributed by atoms with E-state index in [0.717, 1.165) is 48.3 Å². The molecule has 0 radical (unpaired) electrons. The van der Waals surface area contributed by atoms with Crippen LogP contribution in [-0.4, -0.2) is 47.1 Å². The Labute approximate surface area is 199 Å². The third-order valence-corrected chi connectivity index (χ3v) is 5.94. The Balaban J connectivity index is 0.00000320. The van der Waals surface area contributed by atoms with Crippen molar-refractivity contribution in [1.29, 1.82) is 0 Å². The van der Waals surface area contributed by atoms with Crippen LogP contribution in [0.1, 0.15) is 49.5 Å². The number of hydrogen-bond donors (Lipinski definition) is 2. The molecule has 1 fully saturated rings. The Hall–Kier alpha value is -1.36. The van der Waals surface area contributed by atoms with E-state index in [2.05, 4.69) is 36.6 Å². The zero-order valence-corrected chi connectivity index (χ0v) is 20.9. The molecule has 1 aromatic carbocycles. The molecule has 1 aromatic heterocycles. The lowest BCUT2D eigenvalue weighted by atomic mass is 10.1. The standard InChI is InChI=1S/C21H31FN6S.HI/c1-23-20(25-14-12-16-7-5-8-17(22)15-16)24-13-6-11-19-26-27-21(29-2)28(19)18-9-3-4-10-18;/h5,7-8,15,18H,3-4,6,9-14H2,1-2H3,(H2,23,24,25);1H. The highest BCUT2D eigenvalue weighted by atomic mass is 127. The monoisotopic (exact) mass is 546 g/mol. The fraction of sp³-hybridized carbons (Fsp3) is 0.571. The molecule has 0 aliphatic heterocycles. The molecule has 1 heterocycles. The van der Waals surface area contributed by atoms with Gasteiger partial charge in [0.25, 0.3) is 0 Å². The minimum atomic E-state index is -0.194. The summed E-state index contributed by atoms with van der Waals surface area (Å²) in [5.41, 5.74) is 0.976. The normalized spacial score (nSPS) is 14.6. The van der Waals surface area contributed by atoms with E-state index in [4.69, 9.17) is 0 Å². The number of hydrogen-bond acceptors (Lipinski definition) is 4. The second-order valence-corrected chi connectivity index (χ2v) is 8.09.